The van der Waals surface area contributed by atoms with Gasteiger partial charge in [0, 0.05) is 0 Å². The largest absolute Gasteiger partial charge is 0.486 e. The number of sulfonamides is 1. The van der Waals surface area contributed by atoms with Crippen LogP contribution in [0.2, 0.25) is 0 Å². The van der Waals surface area contributed by atoms with Crippen molar-refractivity contribution in [1.29, 1.82) is 0 Å². The van der Waals surface area contributed by atoms with Crippen LogP contribution < -0.4 is 19.1 Å². The summed E-state index contributed by atoms with van der Waals surface area (Å²) in [6, 6.07) is 8.90. The summed E-state index contributed by atoms with van der Waals surface area (Å²) in [5.74, 6) is 0.270. The van der Waals surface area contributed by atoms with Crippen molar-refractivity contribution in [3.8, 4) is 11.5 Å². The second-order valence-corrected chi connectivity index (χ2v) is 8.70. The molecule has 2 atom stereocenters. The summed E-state index contributed by atoms with van der Waals surface area (Å²) in [6.07, 6.45) is 1.00. The zero-order chi connectivity index (χ0) is 21.2. The fraction of sp³-hybridized carbons (Fsp3) is 0.350. The highest BCUT2D eigenvalue weighted by Gasteiger charge is 2.30. The Morgan fingerprint density at radius 1 is 1.07 bits per heavy atom. The molecule has 0 aromatic heterocycles. The van der Waals surface area contributed by atoms with Crippen molar-refractivity contribution in [2.24, 2.45) is 0 Å². The summed E-state index contributed by atoms with van der Waals surface area (Å²) < 4.78 is 49.8. The van der Waals surface area contributed by atoms with Gasteiger partial charge in [-0.1, -0.05) is 6.07 Å². The maximum atomic E-state index is 13.2. The highest BCUT2D eigenvalue weighted by atomic mass is 32.2. The molecule has 1 aliphatic heterocycles. The highest BCUT2D eigenvalue weighted by molar-refractivity contribution is 7.92. The molecule has 1 aliphatic rings. The van der Waals surface area contributed by atoms with Gasteiger partial charge in [0.2, 0.25) is 15.9 Å². The third-order valence-corrected chi connectivity index (χ3v) is 5.84. The van der Waals surface area contributed by atoms with Crippen LogP contribution in [-0.4, -0.2) is 39.8 Å². The first kappa shape index (κ1) is 20.9. The molecule has 0 saturated heterocycles. The van der Waals surface area contributed by atoms with Gasteiger partial charge in [-0.25, -0.2) is 12.8 Å². The fourth-order valence-electron chi connectivity index (χ4n) is 3.14. The summed E-state index contributed by atoms with van der Waals surface area (Å²) in [6.45, 7) is 4.21. The Morgan fingerprint density at radius 3 is 2.31 bits per heavy atom. The van der Waals surface area contributed by atoms with E-state index in [1.165, 1.54) is 19.1 Å². The van der Waals surface area contributed by atoms with Crippen molar-refractivity contribution in [3.05, 3.63) is 53.8 Å². The molecule has 0 saturated carbocycles. The van der Waals surface area contributed by atoms with E-state index in [0.717, 1.165) is 28.3 Å². The number of nitrogens with zero attached hydrogens (tertiary/aromatic N) is 1. The molecule has 0 fully saturated rings. The Kier molecular flexibility index (Phi) is 5.97. The third kappa shape index (κ3) is 4.79. The van der Waals surface area contributed by atoms with Crippen molar-refractivity contribution < 1.29 is 27.1 Å². The second-order valence-electron chi connectivity index (χ2n) is 6.84. The Morgan fingerprint density at radius 2 is 1.69 bits per heavy atom. The van der Waals surface area contributed by atoms with E-state index in [2.05, 4.69) is 5.32 Å². The maximum Gasteiger partial charge on any atom is 0.244 e. The molecule has 1 heterocycles. The van der Waals surface area contributed by atoms with Gasteiger partial charge in [0.1, 0.15) is 25.1 Å². The van der Waals surface area contributed by atoms with E-state index >= 15 is 0 Å². The van der Waals surface area contributed by atoms with Gasteiger partial charge < -0.3 is 14.8 Å². The molecule has 9 heteroatoms. The Hall–Kier alpha value is -2.81. The van der Waals surface area contributed by atoms with Gasteiger partial charge in [-0.2, -0.15) is 0 Å². The topological polar surface area (TPSA) is 84.9 Å². The Labute approximate surface area is 169 Å². The quantitative estimate of drug-likeness (QED) is 0.774. The first-order valence-corrected chi connectivity index (χ1v) is 11.0. The molecule has 0 radical (unpaired) electrons. The van der Waals surface area contributed by atoms with Gasteiger partial charge in [0.15, 0.2) is 11.5 Å². The van der Waals surface area contributed by atoms with Crippen molar-refractivity contribution >= 4 is 21.6 Å². The minimum Gasteiger partial charge on any atom is -0.486 e. The van der Waals surface area contributed by atoms with Gasteiger partial charge in [-0.05, 0) is 55.8 Å². The van der Waals surface area contributed by atoms with Gasteiger partial charge in [-0.15, -0.1) is 0 Å². The number of amides is 1. The zero-order valence-corrected chi connectivity index (χ0v) is 17.2. The number of hydrogen-bond donors (Lipinski definition) is 1. The number of fused-ring (bicyclic) bond motifs is 1. The molecule has 7 nitrogen and oxygen atoms in total. The SMILES string of the molecule is C[C@@H](NC(=O)[C@H](C)N(c1ccc(F)cc1)S(C)(=O)=O)c1ccc2c(c1)OCCO2. The average molecular weight is 422 g/mol. The van der Waals surface area contributed by atoms with E-state index in [9.17, 15) is 17.6 Å². The highest BCUT2D eigenvalue weighted by Crippen LogP contribution is 2.32. The normalized spacial score (nSPS) is 15.3. The second kappa shape index (κ2) is 8.28. The van der Waals surface area contributed by atoms with Crippen LogP contribution in [-0.2, 0) is 14.8 Å². The van der Waals surface area contributed by atoms with Crippen LogP contribution in [0.25, 0.3) is 0 Å². The average Bonchev–Trinajstić information content (AvgIpc) is 2.68. The van der Waals surface area contributed by atoms with E-state index in [0.29, 0.717) is 24.7 Å². The molecular formula is C20H23FN2O5S. The van der Waals surface area contributed by atoms with Crippen molar-refractivity contribution in [2.75, 3.05) is 23.8 Å². The standard InChI is InChI=1S/C20H23FN2O5S/c1-13(15-4-9-18-19(12-15)28-11-10-27-18)22-20(24)14(2)23(29(3,25)26)17-7-5-16(21)6-8-17/h4-9,12-14H,10-11H2,1-3H3,(H,22,24)/t13-,14+/m1/s1. The lowest BCUT2D eigenvalue weighted by Crippen LogP contribution is -2.48. The molecule has 29 heavy (non-hydrogen) atoms. The lowest BCUT2D eigenvalue weighted by atomic mass is 10.1. The summed E-state index contributed by atoms with van der Waals surface area (Å²) in [4.78, 5) is 12.8. The van der Waals surface area contributed by atoms with Crippen LogP contribution in [0.15, 0.2) is 42.5 Å². The first-order chi connectivity index (χ1) is 13.7. The Balaban J connectivity index is 1.78. The first-order valence-electron chi connectivity index (χ1n) is 9.11. The van der Waals surface area contributed by atoms with Crippen molar-refractivity contribution in [2.45, 2.75) is 25.9 Å². The molecule has 3 rings (SSSR count). The van der Waals surface area contributed by atoms with E-state index in [1.54, 1.807) is 19.1 Å². The number of halogens is 1. The van der Waals surface area contributed by atoms with E-state index < -0.39 is 33.8 Å². The number of benzene rings is 2. The zero-order valence-electron chi connectivity index (χ0n) is 16.4. The molecule has 0 aliphatic carbocycles. The van der Waals surface area contributed by atoms with Gasteiger partial charge in [0.05, 0.1) is 18.0 Å². The molecule has 0 spiro atoms. The summed E-state index contributed by atoms with van der Waals surface area (Å²) in [5, 5.41) is 2.82. The number of nitrogens with one attached hydrogen (secondary N) is 1. The van der Waals surface area contributed by atoms with E-state index in [-0.39, 0.29) is 5.69 Å². The predicted molar refractivity (Wildman–Crippen MR) is 107 cm³/mol. The lowest BCUT2D eigenvalue weighted by Gasteiger charge is -2.29. The summed E-state index contributed by atoms with van der Waals surface area (Å²) in [5.41, 5.74) is 1.01. The number of anilines is 1. The smallest absolute Gasteiger partial charge is 0.244 e. The number of carbonyl (C=O) groups excluding carboxylic acids is 1. The Bertz CT molecular complexity index is 994. The molecule has 156 valence electrons. The van der Waals surface area contributed by atoms with Gasteiger partial charge >= 0.3 is 0 Å². The maximum absolute atomic E-state index is 13.2. The van der Waals surface area contributed by atoms with Crippen LogP contribution in [0.4, 0.5) is 10.1 Å². The van der Waals surface area contributed by atoms with Crippen molar-refractivity contribution in [3.63, 3.8) is 0 Å². The monoisotopic (exact) mass is 422 g/mol. The molecule has 2 aromatic carbocycles. The predicted octanol–water partition coefficient (Wildman–Crippen LogP) is 2.63. The molecular weight excluding hydrogens is 399 g/mol. The van der Waals surface area contributed by atoms with Crippen LogP contribution in [0.1, 0.15) is 25.5 Å². The van der Waals surface area contributed by atoms with E-state index in [1.807, 2.05) is 6.07 Å². The fourth-order valence-corrected chi connectivity index (χ4v) is 4.32. The molecule has 0 unspecified atom stereocenters. The van der Waals surface area contributed by atoms with E-state index in [4.69, 9.17) is 9.47 Å². The summed E-state index contributed by atoms with van der Waals surface area (Å²) >= 11 is 0. The molecule has 0 bridgehead atoms. The minimum absolute atomic E-state index is 0.212. The van der Waals surface area contributed by atoms with Gasteiger partial charge in [-0.3, -0.25) is 9.10 Å². The van der Waals surface area contributed by atoms with Crippen LogP contribution in [0.3, 0.4) is 0 Å². The number of hydrogen-bond acceptors (Lipinski definition) is 5. The van der Waals surface area contributed by atoms with Crippen LogP contribution in [0.5, 0.6) is 11.5 Å². The molecule has 1 N–H and O–H groups in total. The summed E-state index contributed by atoms with van der Waals surface area (Å²) in [7, 11) is -3.77. The van der Waals surface area contributed by atoms with Crippen LogP contribution >= 0.6 is 0 Å². The van der Waals surface area contributed by atoms with Crippen molar-refractivity contribution in [1.82, 2.24) is 5.32 Å². The number of carbonyl (C=O) groups is 1. The third-order valence-electron chi connectivity index (χ3n) is 4.59. The molecule has 2 aromatic rings. The minimum atomic E-state index is -3.77. The molecule has 1 amide bonds. The lowest BCUT2D eigenvalue weighted by molar-refractivity contribution is -0.122. The van der Waals surface area contributed by atoms with Gasteiger partial charge in [0.25, 0.3) is 0 Å². The van der Waals surface area contributed by atoms with Crippen LogP contribution in [0, 0.1) is 5.82 Å². The number of rotatable bonds is 6. The number of ether oxygens (including phenoxy) is 2.